The minimum Gasteiger partial charge on any atom is -0.397 e. The number of nitrogens with two attached hydrogens (primary N) is 1. The van der Waals surface area contributed by atoms with Crippen LogP contribution in [0.5, 0.6) is 0 Å². The number of anilines is 3. The number of carbonyl (C=O) groups excluding carboxylic acids is 3. The van der Waals surface area contributed by atoms with Crippen molar-refractivity contribution in [3.63, 3.8) is 0 Å². The van der Waals surface area contributed by atoms with Crippen molar-refractivity contribution >= 4 is 46.4 Å². The minimum absolute atomic E-state index is 0.133. The molecule has 1 aliphatic heterocycles. The summed E-state index contributed by atoms with van der Waals surface area (Å²) in [6.07, 6.45) is 3.38. The van der Waals surface area contributed by atoms with Gasteiger partial charge in [0.1, 0.15) is 6.04 Å². The normalized spacial score (nSPS) is 14.9. The van der Waals surface area contributed by atoms with Crippen LogP contribution in [0.4, 0.5) is 17.1 Å². The standard InChI is InChI=1S/C28H23ClN6O3/c29-18-8-11-21-23(14-18)34-26(36)24(15-20-4-1-2-12-31-20)35(28(21)38)16-17-6-9-19(10-7-17)33-27(37)25-22(30)5-3-13-32-25/h1-14,24H,15-16,30H2,(H,33,37)(H,34,36). The molecule has 10 heteroatoms. The van der Waals surface area contributed by atoms with Gasteiger partial charge in [0.15, 0.2) is 5.69 Å². The molecule has 0 spiro atoms. The van der Waals surface area contributed by atoms with E-state index in [0.29, 0.717) is 27.7 Å². The van der Waals surface area contributed by atoms with Crippen molar-refractivity contribution in [2.75, 3.05) is 16.4 Å². The number of hydrogen-bond donors (Lipinski definition) is 3. The van der Waals surface area contributed by atoms with Crippen LogP contribution >= 0.6 is 11.6 Å². The second-order valence-electron chi connectivity index (χ2n) is 8.75. The molecule has 2 aromatic heterocycles. The van der Waals surface area contributed by atoms with E-state index in [1.165, 1.54) is 11.1 Å². The van der Waals surface area contributed by atoms with E-state index in [0.717, 1.165) is 5.56 Å². The van der Waals surface area contributed by atoms with E-state index in [1.54, 1.807) is 66.9 Å². The van der Waals surface area contributed by atoms with Gasteiger partial charge in [0, 0.05) is 41.8 Å². The van der Waals surface area contributed by atoms with Crippen LogP contribution in [0.25, 0.3) is 0 Å². The number of carbonyl (C=O) groups is 3. The molecule has 4 N–H and O–H groups in total. The summed E-state index contributed by atoms with van der Waals surface area (Å²) in [6, 6.07) is 19.7. The molecule has 0 aliphatic carbocycles. The van der Waals surface area contributed by atoms with Gasteiger partial charge in [0.2, 0.25) is 5.91 Å². The van der Waals surface area contributed by atoms with Gasteiger partial charge in [0.25, 0.3) is 11.8 Å². The van der Waals surface area contributed by atoms with E-state index >= 15 is 0 Å². The first-order valence-electron chi connectivity index (χ1n) is 11.8. The average molecular weight is 527 g/mol. The highest BCUT2D eigenvalue weighted by molar-refractivity contribution is 6.31. The number of rotatable bonds is 6. The maximum Gasteiger partial charge on any atom is 0.276 e. The van der Waals surface area contributed by atoms with Crippen molar-refractivity contribution in [3.05, 3.63) is 113 Å². The molecule has 0 saturated carbocycles. The van der Waals surface area contributed by atoms with Gasteiger partial charge >= 0.3 is 0 Å². The predicted octanol–water partition coefficient (Wildman–Crippen LogP) is 4.17. The van der Waals surface area contributed by atoms with E-state index in [1.807, 2.05) is 12.1 Å². The zero-order valence-electron chi connectivity index (χ0n) is 20.1. The van der Waals surface area contributed by atoms with Gasteiger partial charge in [-0.2, -0.15) is 0 Å². The van der Waals surface area contributed by atoms with Crippen LogP contribution in [0.2, 0.25) is 5.02 Å². The van der Waals surface area contributed by atoms with E-state index in [2.05, 4.69) is 20.6 Å². The molecule has 0 saturated heterocycles. The molecule has 38 heavy (non-hydrogen) atoms. The molecule has 5 rings (SSSR count). The first kappa shape index (κ1) is 24.9. The highest BCUT2D eigenvalue weighted by atomic mass is 35.5. The minimum atomic E-state index is -0.810. The van der Waals surface area contributed by atoms with Crippen molar-refractivity contribution in [3.8, 4) is 0 Å². The number of fused-ring (bicyclic) bond motifs is 1. The van der Waals surface area contributed by atoms with Crippen molar-refractivity contribution < 1.29 is 14.4 Å². The third-order valence-electron chi connectivity index (χ3n) is 6.16. The molecule has 1 aliphatic rings. The summed E-state index contributed by atoms with van der Waals surface area (Å²) in [5, 5.41) is 6.04. The second kappa shape index (κ2) is 10.7. The molecular formula is C28H23ClN6O3. The Labute approximate surface area is 223 Å². The Morgan fingerprint density at radius 3 is 2.53 bits per heavy atom. The van der Waals surface area contributed by atoms with Gasteiger partial charge in [-0.1, -0.05) is 29.8 Å². The largest absolute Gasteiger partial charge is 0.397 e. The fourth-order valence-electron chi connectivity index (χ4n) is 4.25. The molecular weight excluding hydrogens is 504 g/mol. The van der Waals surface area contributed by atoms with Crippen LogP contribution < -0.4 is 16.4 Å². The molecule has 9 nitrogen and oxygen atoms in total. The number of nitrogens with zero attached hydrogens (tertiary/aromatic N) is 3. The van der Waals surface area contributed by atoms with E-state index in [9.17, 15) is 14.4 Å². The molecule has 2 aromatic carbocycles. The zero-order chi connectivity index (χ0) is 26.6. The van der Waals surface area contributed by atoms with E-state index in [-0.39, 0.29) is 36.2 Å². The van der Waals surface area contributed by atoms with Gasteiger partial charge in [-0.25, -0.2) is 4.98 Å². The van der Waals surface area contributed by atoms with Crippen LogP contribution in [0.3, 0.4) is 0 Å². The van der Waals surface area contributed by atoms with Crippen molar-refractivity contribution in [1.29, 1.82) is 0 Å². The number of pyridine rings is 2. The Balaban J connectivity index is 1.41. The molecule has 3 amide bonds. The quantitative estimate of drug-likeness (QED) is 0.345. The lowest BCUT2D eigenvalue weighted by Gasteiger charge is -2.29. The summed E-state index contributed by atoms with van der Waals surface area (Å²) in [5.74, 6) is -1.07. The van der Waals surface area contributed by atoms with Crippen molar-refractivity contribution in [2.45, 2.75) is 19.0 Å². The molecule has 0 fully saturated rings. The SMILES string of the molecule is Nc1cccnc1C(=O)Nc1ccc(CN2C(=O)c3ccc(Cl)cc3NC(=O)C2Cc2ccccn2)cc1. The van der Waals surface area contributed by atoms with Gasteiger partial charge in [-0.05, 0) is 60.2 Å². The molecule has 0 bridgehead atoms. The number of nitrogen functional groups attached to an aromatic ring is 1. The fraction of sp³-hybridized carbons (Fsp3) is 0.107. The summed E-state index contributed by atoms with van der Waals surface area (Å²) in [6.45, 7) is 0.160. The number of nitrogens with one attached hydrogen (secondary N) is 2. The Morgan fingerprint density at radius 1 is 1.00 bits per heavy atom. The zero-order valence-corrected chi connectivity index (χ0v) is 20.9. The van der Waals surface area contributed by atoms with Crippen LogP contribution in [-0.2, 0) is 17.8 Å². The van der Waals surface area contributed by atoms with E-state index < -0.39 is 11.9 Å². The van der Waals surface area contributed by atoms with Crippen molar-refractivity contribution in [2.24, 2.45) is 0 Å². The molecule has 3 heterocycles. The van der Waals surface area contributed by atoms with Crippen LogP contribution in [0.15, 0.2) is 85.2 Å². The number of benzene rings is 2. The summed E-state index contributed by atoms with van der Waals surface area (Å²) in [4.78, 5) is 49.5. The summed E-state index contributed by atoms with van der Waals surface area (Å²) in [5.41, 5.74) is 8.96. The lowest BCUT2D eigenvalue weighted by atomic mass is 10.1. The maximum atomic E-state index is 13.7. The van der Waals surface area contributed by atoms with Crippen LogP contribution in [0.1, 0.15) is 32.1 Å². The lowest BCUT2D eigenvalue weighted by Crippen LogP contribution is -2.46. The molecule has 1 unspecified atom stereocenters. The fourth-order valence-corrected chi connectivity index (χ4v) is 4.42. The summed E-state index contributed by atoms with van der Waals surface area (Å²) in [7, 11) is 0. The third-order valence-corrected chi connectivity index (χ3v) is 6.39. The van der Waals surface area contributed by atoms with Crippen LogP contribution in [-0.4, -0.2) is 38.6 Å². The average Bonchev–Trinajstić information content (AvgIpc) is 3.00. The molecule has 0 radical (unpaired) electrons. The number of amides is 3. The highest BCUT2D eigenvalue weighted by Gasteiger charge is 2.36. The van der Waals surface area contributed by atoms with Crippen LogP contribution in [0, 0.1) is 0 Å². The summed E-state index contributed by atoms with van der Waals surface area (Å²) < 4.78 is 0. The molecule has 1 atom stereocenters. The van der Waals surface area contributed by atoms with Gasteiger partial charge < -0.3 is 21.3 Å². The predicted molar refractivity (Wildman–Crippen MR) is 145 cm³/mol. The Kier molecular flexibility index (Phi) is 7.01. The van der Waals surface area contributed by atoms with Gasteiger partial charge in [-0.3, -0.25) is 19.4 Å². The van der Waals surface area contributed by atoms with Crippen molar-refractivity contribution in [1.82, 2.24) is 14.9 Å². The second-order valence-corrected chi connectivity index (χ2v) is 9.18. The van der Waals surface area contributed by atoms with E-state index in [4.69, 9.17) is 17.3 Å². The topological polar surface area (TPSA) is 130 Å². The number of aromatic nitrogens is 2. The maximum absolute atomic E-state index is 13.7. The highest BCUT2D eigenvalue weighted by Crippen LogP contribution is 2.29. The first-order chi connectivity index (χ1) is 18.4. The Bertz CT molecular complexity index is 1510. The molecule has 190 valence electrons. The van der Waals surface area contributed by atoms with Gasteiger partial charge in [-0.15, -0.1) is 0 Å². The lowest BCUT2D eigenvalue weighted by molar-refractivity contribution is -0.120. The Hall–Kier alpha value is -4.76. The van der Waals surface area contributed by atoms with Gasteiger partial charge in [0.05, 0.1) is 16.9 Å². The number of halogens is 1. The molecule has 4 aromatic rings. The smallest absolute Gasteiger partial charge is 0.276 e. The monoisotopic (exact) mass is 526 g/mol. The Morgan fingerprint density at radius 2 is 1.79 bits per heavy atom. The first-order valence-corrected chi connectivity index (χ1v) is 12.2. The third kappa shape index (κ3) is 5.33. The number of hydrogen-bond acceptors (Lipinski definition) is 6. The summed E-state index contributed by atoms with van der Waals surface area (Å²) >= 11 is 6.13.